The zero-order chi connectivity index (χ0) is 12.7. The molecule has 1 saturated carbocycles. The fourth-order valence-electron chi connectivity index (χ4n) is 3.48. The minimum absolute atomic E-state index is 0.326. The molecule has 1 aliphatic carbocycles. The van der Waals surface area contributed by atoms with E-state index >= 15 is 0 Å². The van der Waals surface area contributed by atoms with Crippen molar-refractivity contribution < 1.29 is 5.11 Å². The Labute approximate surface area is 108 Å². The van der Waals surface area contributed by atoms with Gasteiger partial charge in [0.1, 0.15) is 0 Å². The van der Waals surface area contributed by atoms with E-state index in [1.54, 1.807) is 0 Å². The third-order valence-electron chi connectivity index (χ3n) is 4.71. The number of aliphatic hydroxyl groups is 1. The number of hydrogen-bond acceptors (Lipinski definition) is 1. The summed E-state index contributed by atoms with van der Waals surface area (Å²) < 4.78 is 0. The summed E-state index contributed by atoms with van der Waals surface area (Å²) in [4.78, 5) is 0. The Morgan fingerprint density at radius 2 is 2.06 bits per heavy atom. The fourth-order valence-corrected chi connectivity index (χ4v) is 3.48. The molecule has 1 heteroatoms. The lowest BCUT2D eigenvalue weighted by molar-refractivity contribution is -0.0374. The summed E-state index contributed by atoms with van der Waals surface area (Å²) in [6.45, 7) is 6.81. The van der Waals surface area contributed by atoms with Gasteiger partial charge in [-0.3, -0.25) is 0 Å². The van der Waals surface area contributed by atoms with Crippen LogP contribution >= 0.6 is 0 Å². The number of rotatable bonds is 7. The minimum atomic E-state index is -0.326. The van der Waals surface area contributed by atoms with Crippen LogP contribution in [0.3, 0.4) is 0 Å². The Morgan fingerprint density at radius 1 is 1.29 bits per heavy atom. The van der Waals surface area contributed by atoms with Gasteiger partial charge >= 0.3 is 0 Å². The number of hydrogen-bond donors (Lipinski definition) is 1. The largest absolute Gasteiger partial charge is 0.390 e. The summed E-state index contributed by atoms with van der Waals surface area (Å²) >= 11 is 0. The van der Waals surface area contributed by atoms with Crippen LogP contribution in [0.1, 0.15) is 85.0 Å². The first kappa shape index (κ1) is 15.0. The molecule has 0 saturated heterocycles. The molecule has 0 aromatic heterocycles. The van der Waals surface area contributed by atoms with Gasteiger partial charge in [0.2, 0.25) is 0 Å². The molecule has 0 bridgehead atoms. The van der Waals surface area contributed by atoms with E-state index in [1.807, 2.05) is 0 Å². The average molecular weight is 240 g/mol. The zero-order valence-electron chi connectivity index (χ0n) is 12.2. The summed E-state index contributed by atoms with van der Waals surface area (Å²) in [6.07, 6.45) is 12.1. The standard InChI is InChI=1S/C16H32O/c1-4-7-9-14(5-2)12-16(17)11-8-10-15(6-3)13-16/h14-15,17H,4-13H2,1-3H3. The summed E-state index contributed by atoms with van der Waals surface area (Å²) in [6, 6.07) is 0. The highest BCUT2D eigenvalue weighted by atomic mass is 16.3. The van der Waals surface area contributed by atoms with Gasteiger partial charge in [0, 0.05) is 0 Å². The molecular weight excluding hydrogens is 208 g/mol. The Hall–Kier alpha value is -0.0400. The summed E-state index contributed by atoms with van der Waals surface area (Å²) in [7, 11) is 0. The monoisotopic (exact) mass is 240 g/mol. The molecule has 0 aromatic rings. The highest BCUT2D eigenvalue weighted by Crippen LogP contribution is 2.39. The SMILES string of the molecule is CCCCC(CC)CC1(O)CCCC(CC)C1. The normalized spacial score (nSPS) is 31.4. The van der Waals surface area contributed by atoms with Crippen molar-refractivity contribution >= 4 is 0 Å². The molecule has 1 fully saturated rings. The maximum absolute atomic E-state index is 10.8. The van der Waals surface area contributed by atoms with Gasteiger partial charge in [0.25, 0.3) is 0 Å². The third-order valence-corrected chi connectivity index (χ3v) is 4.71. The molecule has 17 heavy (non-hydrogen) atoms. The van der Waals surface area contributed by atoms with Gasteiger partial charge in [-0.1, -0.05) is 65.7 Å². The first-order valence-electron chi connectivity index (χ1n) is 7.86. The summed E-state index contributed by atoms with van der Waals surface area (Å²) in [5, 5.41) is 10.8. The first-order valence-corrected chi connectivity index (χ1v) is 7.86. The van der Waals surface area contributed by atoms with Crippen LogP contribution in [0, 0.1) is 11.8 Å². The average Bonchev–Trinajstić information content (AvgIpc) is 2.34. The van der Waals surface area contributed by atoms with Crippen LogP contribution in [0.4, 0.5) is 0 Å². The van der Waals surface area contributed by atoms with E-state index in [2.05, 4.69) is 20.8 Å². The van der Waals surface area contributed by atoms with E-state index in [9.17, 15) is 5.11 Å². The van der Waals surface area contributed by atoms with Crippen LogP contribution in [-0.4, -0.2) is 10.7 Å². The maximum Gasteiger partial charge on any atom is 0.0653 e. The van der Waals surface area contributed by atoms with Gasteiger partial charge in [-0.15, -0.1) is 0 Å². The van der Waals surface area contributed by atoms with E-state index in [0.29, 0.717) is 0 Å². The maximum atomic E-state index is 10.8. The van der Waals surface area contributed by atoms with Crippen molar-refractivity contribution in [3.63, 3.8) is 0 Å². The quantitative estimate of drug-likeness (QED) is 0.669. The highest BCUT2D eigenvalue weighted by molar-refractivity contribution is 4.87. The van der Waals surface area contributed by atoms with Gasteiger partial charge in [-0.05, 0) is 31.1 Å². The molecule has 1 aliphatic rings. The van der Waals surface area contributed by atoms with Crippen LogP contribution in [0.2, 0.25) is 0 Å². The molecule has 102 valence electrons. The van der Waals surface area contributed by atoms with Crippen molar-refractivity contribution in [2.24, 2.45) is 11.8 Å². The van der Waals surface area contributed by atoms with Gasteiger partial charge in [0.15, 0.2) is 0 Å². The molecule has 0 spiro atoms. The van der Waals surface area contributed by atoms with Crippen LogP contribution < -0.4 is 0 Å². The van der Waals surface area contributed by atoms with Crippen LogP contribution in [0.25, 0.3) is 0 Å². The molecule has 1 rings (SSSR count). The highest BCUT2D eigenvalue weighted by Gasteiger charge is 2.35. The Kier molecular flexibility index (Phi) is 6.54. The second-order valence-electron chi connectivity index (χ2n) is 6.22. The fraction of sp³-hybridized carbons (Fsp3) is 1.00. The molecule has 3 unspecified atom stereocenters. The molecule has 1 nitrogen and oxygen atoms in total. The smallest absolute Gasteiger partial charge is 0.0653 e. The predicted molar refractivity (Wildman–Crippen MR) is 75.1 cm³/mol. The molecule has 0 radical (unpaired) electrons. The van der Waals surface area contributed by atoms with Crippen LogP contribution in [0.5, 0.6) is 0 Å². The van der Waals surface area contributed by atoms with Crippen molar-refractivity contribution in [2.75, 3.05) is 0 Å². The van der Waals surface area contributed by atoms with Crippen molar-refractivity contribution in [3.8, 4) is 0 Å². The lowest BCUT2D eigenvalue weighted by Gasteiger charge is -2.39. The van der Waals surface area contributed by atoms with Gasteiger partial charge in [0.05, 0.1) is 5.60 Å². The van der Waals surface area contributed by atoms with Crippen molar-refractivity contribution in [2.45, 2.75) is 90.6 Å². The molecule has 0 amide bonds. The second kappa shape index (κ2) is 7.41. The Morgan fingerprint density at radius 3 is 2.65 bits per heavy atom. The Balaban J connectivity index is 2.45. The van der Waals surface area contributed by atoms with Crippen molar-refractivity contribution in [3.05, 3.63) is 0 Å². The predicted octanol–water partition coefficient (Wildman–Crippen LogP) is 4.92. The van der Waals surface area contributed by atoms with E-state index < -0.39 is 0 Å². The molecular formula is C16H32O. The van der Waals surface area contributed by atoms with Crippen LogP contribution in [0.15, 0.2) is 0 Å². The van der Waals surface area contributed by atoms with E-state index in [4.69, 9.17) is 0 Å². The van der Waals surface area contributed by atoms with Crippen LogP contribution in [-0.2, 0) is 0 Å². The van der Waals surface area contributed by atoms with Crippen molar-refractivity contribution in [1.82, 2.24) is 0 Å². The number of unbranched alkanes of at least 4 members (excludes halogenated alkanes) is 1. The molecule has 0 heterocycles. The summed E-state index contributed by atoms with van der Waals surface area (Å²) in [5.74, 6) is 1.52. The van der Waals surface area contributed by atoms with Gasteiger partial charge in [-0.2, -0.15) is 0 Å². The summed E-state index contributed by atoms with van der Waals surface area (Å²) in [5.41, 5.74) is -0.326. The minimum Gasteiger partial charge on any atom is -0.390 e. The molecule has 3 atom stereocenters. The Bertz CT molecular complexity index is 202. The van der Waals surface area contributed by atoms with E-state index in [-0.39, 0.29) is 5.60 Å². The van der Waals surface area contributed by atoms with Crippen molar-refractivity contribution in [1.29, 1.82) is 0 Å². The van der Waals surface area contributed by atoms with E-state index in [0.717, 1.165) is 31.1 Å². The van der Waals surface area contributed by atoms with Gasteiger partial charge in [-0.25, -0.2) is 0 Å². The zero-order valence-corrected chi connectivity index (χ0v) is 12.2. The first-order chi connectivity index (χ1) is 8.13. The molecule has 1 N–H and O–H groups in total. The third kappa shape index (κ3) is 4.99. The lowest BCUT2D eigenvalue weighted by Crippen LogP contribution is -2.37. The molecule has 0 aliphatic heterocycles. The van der Waals surface area contributed by atoms with E-state index in [1.165, 1.54) is 44.9 Å². The lowest BCUT2D eigenvalue weighted by atomic mass is 9.72. The molecule has 0 aromatic carbocycles. The second-order valence-corrected chi connectivity index (χ2v) is 6.22. The topological polar surface area (TPSA) is 20.2 Å². The van der Waals surface area contributed by atoms with Gasteiger partial charge < -0.3 is 5.11 Å².